The number of alkyl halides is 3. The summed E-state index contributed by atoms with van der Waals surface area (Å²) in [5.41, 5.74) is 12.5. The smallest absolute Gasteiger partial charge is 0.382 e. The van der Waals surface area contributed by atoms with Crippen LogP contribution in [-0.2, 0) is 5.41 Å². The number of nitrogen functional groups attached to an aromatic ring is 2. The third-order valence-corrected chi connectivity index (χ3v) is 4.58. The molecule has 0 aliphatic carbocycles. The Labute approximate surface area is 150 Å². The monoisotopic (exact) mass is 370 g/mol. The fourth-order valence-corrected chi connectivity index (χ4v) is 2.76. The minimum absolute atomic E-state index is 0.0546. The van der Waals surface area contributed by atoms with E-state index >= 15 is 0 Å². The second kappa shape index (κ2) is 7.61. The highest BCUT2D eigenvalue weighted by Crippen LogP contribution is 2.31. The molecule has 0 fully saturated rings. The highest BCUT2D eigenvalue weighted by atomic mass is 19.4. The van der Waals surface area contributed by atoms with Crippen LogP contribution in [0.2, 0.25) is 0 Å². The van der Waals surface area contributed by atoms with Crippen LogP contribution in [0.25, 0.3) is 11.0 Å². The first kappa shape index (κ1) is 20.2. The summed E-state index contributed by atoms with van der Waals surface area (Å²) in [5.74, 6) is 0.211. The Morgan fingerprint density at radius 3 is 2.46 bits per heavy atom. The van der Waals surface area contributed by atoms with Gasteiger partial charge in [0.05, 0.1) is 5.52 Å². The number of aromatic nitrogens is 3. The maximum Gasteiger partial charge on any atom is 0.403 e. The van der Waals surface area contributed by atoms with Crippen molar-refractivity contribution in [2.45, 2.75) is 57.7 Å². The zero-order valence-corrected chi connectivity index (χ0v) is 15.2. The zero-order chi connectivity index (χ0) is 19.5. The Hall–Kier alpha value is -2.16. The van der Waals surface area contributed by atoms with Gasteiger partial charge in [0, 0.05) is 17.7 Å². The van der Waals surface area contributed by atoms with Crippen LogP contribution < -0.4 is 16.8 Å². The van der Waals surface area contributed by atoms with Crippen molar-refractivity contribution in [3.05, 3.63) is 17.8 Å². The van der Waals surface area contributed by atoms with Crippen molar-refractivity contribution in [1.29, 1.82) is 0 Å². The minimum atomic E-state index is -4.29. The molecule has 0 saturated heterocycles. The van der Waals surface area contributed by atoms with Crippen molar-refractivity contribution in [2.24, 2.45) is 0 Å². The molecule has 0 radical (unpaired) electrons. The molecule has 0 bridgehead atoms. The number of nitrogens with zero attached hydrogens (tertiary/aromatic N) is 3. The second-order valence-electron chi connectivity index (χ2n) is 6.84. The van der Waals surface area contributed by atoms with Gasteiger partial charge in [-0.2, -0.15) is 18.2 Å². The summed E-state index contributed by atoms with van der Waals surface area (Å²) in [6, 6.07) is 1.89. The van der Waals surface area contributed by atoms with Crippen molar-refractivity contribution in [2.75, 3.05) is 18.0 Å². The largest absolute Gasteiger partial charge is 0.403 e. The van der Waals surface area contributed by atoms with E-state index < -0.39 is 17.6 Å². The first-order chi connectivity index (χ1) is 12.1. The van der Waals surface area contributed by atoms with Crippen molar-refractivity contribution < 1.29 is 13.2 Å². The molecule has 6 nitrogen and oxygen atoms in total. The van der Waals surface area contributed by atoms with Gasteiger partial charge in [-0.1, -0.05) is 26.7 Å². The van der Waals surface area contributed by atoms with Crippen LogP contribution in [-0.4, -0.2) is 33.7 Å². The van der Waals surface area contributed by atoms with Crippen LogP contribution in [0.15, 0.2) is 12.1 Å². The molecule has 2 aromatic rings. The van der Waals surface area contributed by atoms with E-state index in [2.05, 4.69) is 20.3 Å². The molecule has 2 aromatic heterocycles. The number of halogens is 3. The molecule has 0 saturated carbocycles. The Bertz CT molecular complexity index is 764. The second-order valence-corrected chi connectivity index (χ2v) is 6.84. The number of nitrogens with one attached hydrogen (secondary N) is 1. The van der Waals surface area contributed by atoms with Crippen molar-refractivity contribution in [3.8, 4) is 0 Å². The lowest BCUT2D eigenvalue weighted by atomic mass is 9.80. The standard InChI is InChI=1S/C17H25F3N6/c1-4-5-8-16(3,9-23-10(2)17(18,19)20)12-7-6-11-13(25-12)14(21)26-15(22)24-11/h6-7,10,23H,4-5,8-9H2,1-3H3,(H4,21,22,24,26)/t10-,16+/m0/s1. The van der Waals surface area contributed by atoms with E-state index in [1.54, 1.807) is 12.1 Å². The molecule has 2 rings (SSSR count). The quantitative estimate of drug-likeness (QED) is 0.692. The van der Waals surface area contributed by atoms with E-state index in [-0.39, 0.29) is 18.3 Å². The van der Waals surface area contributed by atoms with Gasteiger partial charge in [0.2, 0.25) is 5.95 Å². The molecule has 0 aliphatic rings. The summed E-state index contributed by atoms with van der Waals surface area (Å²) >= 11 is 0. The van der Waals surface area contributed by atoms with E-state index in [0.717, 1.165) is 19.8 Å². The number of anilines is 2. The molecule has 0 aromatic carbocycles. The summed E-state index contributed by atoms with van der Waals surface area (Å²) < 4.78 is 38.6. The summed E-state index contributed by atoms with van der Waals surface area (Å²) in [6.45, 7) is 5.19. The molecule has 2 heterocycles. The molecular formula is C17H25F3N6. The molecule has 0 unspecified atom stereocenters. The lowest BCUT2D eigenvalue weighted by Crippen LogP contribution is -2.46. The van der Waals surface area contributed by atoms with E-state index in [0.29, 0.717) is 23.1 Å². The van der Waals surface area contributed by atoms with Crippen LogP contribution in [0.5, 0.6) is 0 Å². The number of pyridine rings is 1. The molecule has 0 spiro atoms. The van der Waals surface area contributed by atoms with Crippen molar-refractivity contribution >= 4 is 22.8 Å². The predicted molar refractivity (Wildman–Crippen MR) is 96.6 cm³/mol. The molecule has 0 amide bonds. The number of hydrogen-bond donors (Lipinski definition) is 3. The van der Waals surface area contributed by atoms with Gasteiger partial charge < -0.3 is 16.8 Å². The maximum absolute atomic E-state index is 12.9. The number of unbranched alkanes of at least 4 members (excludes halogenated alkanes) is 1. The number of rotatable bonds is 7. The van der Waals surface area contributed by atoms with Crippen molar-refractivity contribution in [3.63, 3.8) is 0 Å². The Balaban J connectivity index is 2.37. The van der Waals surface area contributed by atoms with E-state index in [1.165, 1.54) is 0 Å². The number of hydrogen-bond acceptors (Lipinski definition) is 6. The molecular weight excluding hydrogens is 345 g/mol. The molecule has 144 valence electrons. The van der Waals surface area contributed by atoms with Crippen LogP contribution in [0.4, 0.5) is 24.9 Å². The van der Waals surface area contributed by atoms with Crippen LogP contribution in [0.1, 0.15) is 45.7 Å². The fraction of sp³-hybridized carbons (Fsp3) is 0.588. The number of nitrogens with two attached hydrogens (primary N) is 2. The Morgan fingerprint density at radius 1 is 1.15 bits per heavy atom. The highest BCUT2D eigenvalue weighted by Gasteiger charge is 2.38. The summed E-state index contributed by atoms with van der Waals surface area (Å²) in [6.07, 6.45) is -1.81. The van der Waals surface area contributed by atoms with Gasteiger partial charge >= 0.3 is 6.18 Å². The molecule has 5 N–H and O–H groups in total. The topological polar surface area (TPSA) is 103 Å². The molecule has 2 atom stereocenters. The fourth-order valence-electron chi connectivity index (χ4n) is 2.76. The molecule has 26 heavy (non-hydrogen) atoms. The summed E-state index contributed by atoms with van der Waals surface area (Å²) in [4.78, 5) is 12.6. The van der Waals surface area contributed by atoms with E-state index in [4.69, 9.17) is 11.5 Å². The average Bonchev–Trinajstić information content (AvgIpc) is 2.56. The SMILES string of the molecule is CCCC[C@](C)(CN[C@@H](C)C(F)(F)F)c1ccc2nc(N)nc(N)c2n1. The van der Waals surface area contributed by atoms with Crippen molar-refractivity contribution in [1.82, 2.24) is 20.3 Å². The Morgan fingerprint density at radius 2 is 1.85 bits per heavy atom. The van der Waals surface area contributed by atoms with Crippen LogP contribution >= 0.6 is 0 Å². The Kier molecular flexibility index (Phi) is 5.90. The van der Waals surface area contributed by atoms with Crippen LogP contribution in [0.3, 0.4) is 0 Å². The zero-order valence-electron chi connectivity index (χ0n) is 15.2. The van der Waals surface area contributed by atoms with E-state index in [1.807, 2.05) is 13.8 Å². The average molecular weight is 370 g/mol. The van der Waals surface area contributed by atoms with Gasteiger partial charge in [0.1, 0.15) is 11.6 Å². The summed E-state index contributed by atoms with van der Waals surface area (Å²) in [5, 5.41) is 2.59. The maximum atomic E-state index is 12.9. The third-order valence-electron chi connectivity index (χ3n) is 4.58. The predicted octanol–water partition coefficient (Wildman–Crippen LogP) is 3.18. The third kappa shape index (κ3) is 4.51. The minimum Gasteiger partial charge on any atom is -0.382 e. The van der Waals surface area contributed by atoms with Gasteiger partial charge in [-0.3, -0.25) is 0 Å². The first-order valence-corrected chi connectivity index (χ1v) is 8.57. The summed E-state index contributed by atoms with van der Waals surface area (Å²) in [7, 11) is 0. The van der Waals surface area contributed by atoms with Gasteiger partial charge in [0.25, 0.3) is 0 Å². The molecule has 0 aliphatic heterocycles. The molecule has 9 heteroatoms. The normalized spacial score (nSPS) is 15.8. The van der Waals surface area contributed by atoms with Gasteiger partial charge in [-0.05, 0) is 25.5 Å². The van der Waals surface area contributed by atoms with E-state index in [9.17, 15) is 13.2 Å². The van der Waals surface area contributed by atoms with Gasteiger partial charge in [-0.25, -0.2) is 9.97 Å². The van der Waals surface area contributed by atoms with Crippen LogP contribution in [0, 0.1) is 0 Å². The lowest BCUT2D eigenvalue weighted by molar-refractivity contribution is -0.152. The van der Waals surface area contributed by atoms with Gasteiger partial charge in [-0.15, -0.1) is 0 Å². The van der Waals surface area contributed by atoms with Gasteiger partial charge in [0.15, 0.2) is 5.82 Å². The first-order valence-electron chi connectivity index (χ1n) is 8.57. The highest BCUT2D eigenvalue weighted by molar-refractivity contribution is 5.85. The lowest BCUT2D eigenvalue weighted by Gasteiger charge is -2.31. The number of fused-ring (bicyclic) bond motifs is 1.